The Kier molecular flexibility index (Phi) is 7.80. The fourth-order valence-corrected chi connectivity index (χ4v) is 3.14. The van der Waals surface area contributed by atoms with Crippen molar-refractivity contribution in [1.29, 1.82) is 0 Å². The van der Waals surface area contributed by atoms with Crippen LogP contribution in [-0.4, -0.2) is 41.8 Å². The van der Waals surface area contributed by atoms with E-state index in [4.69, 9.17) is 9.94 Å². The lowest BCUT2D eigenvalue weighted by atomic mass is 9.95. The van der Waals surface area contributed by atoms with E-state index in [1.54, 1.807) is 29.7 Å². The predicted molar refractivity (Wildman–Crippen MR) is 107 cm³/mol. The zero-order valence-corrected chi connectivity index (χ0v) is 16.4. The van der Waals surface area contributed by atoms with Crippen LogP contribution in [0, 0.1) is 0 Å². The molecule has 0 bridgehead atoms. The largest absolute Gasteiger partial charge is 0.448 e. The molecule has 2 aromatic rings. The standard InChI is InChI=1S/C20H23N3O4.ClH/c1-23-12-17-5-3-2-4-16(17)10-18(23)13-27-20(25)21-11-14-6-8-15(9-7-14)19(24)22-26;/h2-9,18,26H,10-13H2,1H3,(H,21,25)(H,22,24);1H. The molecule has 3 rings (SSSR count). The van der Waals surface area contributed by atoms with Gasteiger partial charge < -0.3 is 10.1 Å². The second-order valence-corrected chi connectivity index (χ2v) is 6.63. The van der Waals surface area contributed by atoms with E-state index in [0.717, 1.165) is 18.5 Å². The summed E-state index contributed by atoms with van der Waals surface area (Å²) >= 11 is 0. The lowest BCUT2D eigenvalue weighted by Crippen LogP contribution is -2.42. The number of benzene rings is 2. The van der Waals surface area contributed by atoms with Crippen LogP contribution in [0.1, 0.15) is 27.0 Å². The SMILES string of the molecule is CN1Cc2ccccc2CC1COC(=O)NCc1ccc(C(=O)NO)cc1.Cl. The number of hydroxylamine groups is 1. The Morgan fingerprint density at radius 3 is 2.50 bits per heavy atom. The highest BCUT2D eigenvalue weighted by Gasteiger charge is 2.24. The molecule has 1 aliphatic heterocycles. The number of hydrogen-bond donors (Lipinski definition) is 3. The van der Waals surface area contributed by atoms with Crippen LogP contribution in [0.2, 0.25) is 0 Å². The normalized spacial score (nSPS) is 15.7. The molecule has 3 N–H and O–H groups in total. The third kappa shape index (κ3) is 5.45. The van der Waals surface area contributed by atoms with Gasteiger partial charge in [-0.3, -0.25) is 14.9 Å². The Hall–Kier alpha value is -2.61. The molecule has 2 amide bonds. The van der Waals surface area contributed by atoms with E-state index in [-0.39, 0.29) is 18.4 Å². The Balaban J connectivity index is 0.00000280. The number of hydrogen-bond acceptors (Lipinski definition) is 5. The van der Waals surface area contributed by atoms with Gasteiger partial charge in [0.2, 0.25) is 0 Å². The topological polar surface area (TPSA) is 90.9 Å². The lowest BCUT2D eigenvalue weighted by molar-refractivity contribution is 0.0706. The summed E-state index contributed by atoms with van der Waals surface area (Å²) in [5.74, 6) is -0.577. The van der Waals surface area contributed by atoms with Crippen LogP contribution in [0.15, 0.2) is 48.5 Å². The molecule has 150 valence electrons. The number of carbonyl (C=O) groups excluding carboxylic acids is 2. The van der Waals surface area contributed by atoms with Crippen molar-refractivity contribution in [3.8, 4) is 0 Å². The number of nitrogens with one attached hydrogen (secondary N) is 2. The summed E-state index contributed by atoms with van der Waals surface area (Å²) < 4.78 is 5.38. The third-order valence-corrected chi connectivity index (χ3v) is 4.78. The summed E-state index contributed by atoms with van der Waals surface area (Å²) in [5, 5.41) is 11.3. The van der Waals surface area contributed by atoms with Gasteiger partial charge >= 0.3 is 6.09 Å². The molecule has 0 radical (unpaired) electrons. The van der Waals surface area contributed by atoms with Crippen molar-refractivity contribution in [2.24, 2.45) is 0 Å². The van der Waals surface area contributed by atoms with E-state index < -0.39 is 12.0 Å². The van der Waals surface area contributed by atoms with E-state index in [0.29, 0.717) is 18.7 Å². The van der Waals surface area contributed by atoms with Crippen molar-refractivity contribution in [2.45, 2.75) is 25.6 Å². The Morgan fingerprint density at radius 2 is 1.82 bits per heavy atom. The molecular weight excluding hydrogens is 382 g/mol. The number of halogens is 1. The number of carbonyl (C=O) groups is 2. The van der Waals surface area contributed by atoms with Gasteiger partial charge in [0, 0.05) is 24.7 Å². The summed E-state index contributed by atoms with van der Waals surface area (Å²) in [7, 11) is 2.03. The highest BCUT2D eigenvalue weighted by molar-refractivity contribution is 5.93. The van der Waals surface area contributed by atoms with Crippen molar-refractivity contribution >= 4 is 24.4 Å². The van der Waals surface area contributed by atoms with Gasteiger partial charge in [-0.05, 0) is 42.3 Å². The van der Waals surface area contributed by atoms with Crippen LogP contribution in [-0.2, 0) is 24.2 Å². The summed E-state index contributed by atoms with van der Waals surface area (Å²) in [6.45, 7) is 1.47. The lowest BCUT2D eigenvalue weighted by Gasteiger charge is -2.33. The minimum atomic E-state index is -0.577. The summed E-state index contributed by atoms with van der Waals surface area (Å²) in [4.78, 5) is 25.5. The van der Waals surface area contributed by atoms with E-state index >= 15 is 0 Å². The molecule has 1 aliphatic rings. The second-order valence-electron chi connectivity index (χ2n) is 6.63. The zero-order valence-electron chi connectivity index (χ0n) is 15.6. The van der Waals surface area contributed by atoms with E-state index in [9.17, 15) is 9.59 Å². The molecule has 8 heteroatoms. The summed E-state index contributed by atoms with van der Waals surface area (Å²) in [6.07, 6.45) is 0.383. The van der Waals surface area contributed by atoms with Gasteiger partial charge in [-0.2, -0.15) is 0 Å². The number of fused-ring (bicyclic) bond motifs is 1. The van der Waals surface area contributed by atoms with Crippen molar-refractivity contribution in [2.75, 3.05) is 13.7 Å². The van der Waals surface area contributed by atoms with Crippen LogP contribution in [0.3, 0.4) is 0 Å². The molecule has 2 aromatic carbocycles. The molecule has 7 nitrogen and oxygen atoms in total. The number of likely N-dealkylation sites (N-methyl/N-ethyl adjacent to an activating group) is 1. The van der Waals surface area contributed by atoms with E-state index in [2.05, 4.69) is 22.3 Å². The fraction of sp³-hybridized carbons (Fsp3) is 0.300. The number of ether oxygens (including phenoxy) is 1. The summed E-state index contributed by atoms with van der Waals surface area (Å²) in [6, 6.07) is 15.0. The van der Waals surface area contributed by atoms with Gasteiger partial charge in [-0.25, -0.2) is 10.3 Å². The van der Waals surface area contributed by atoms with Gasteiger partial charge in [-0.1, -0.05) is 36.4 Å². The monoisotopic (exact) mass is 405 g/mol. The van der Waals surface area contributed by atoms with Gasteiger partial charge in [0.1, 0.15) is 6.61 Å². The Morgan fingerprint density at radius 1 is 1.14 bits per heavy atom. The number of amides is 2. The second kappa shape index (κ2) is 10.1. The quantitative estimate of drug-likeness (QED) is 0.525. The molecule has 0 aliphatic carbocycles. The third-order valence-electron chi connectivity index (χ3n) is 4.78. The first-order valence-corrected chi connectivity index (χ1v) is 8.78. The average Bonchev–Trinajstić information content (AvgIpc) is 2.70. The van der Waals surface area contributed by atoms with Crippen molar-refractivity contribution < 1.29 is 19.5 Å². The highest BCUT2D eigenvalue weighted by Crippen LogP contribution is 2.22. The first-order valence-electron chi connectivity index (χ1n) is 8.78. The first-order chi connectivity index (χ1) is 13.1. The Bertz CT molecular complexity index is 813. The molecule has 0 saturated heterocycles. The molecule has 0 spiro atoms. The van der Waals surface area contributed by atoms with Crippen LogP contribution in [0.5, 0.6) is 0 Å². The van der Waals surface area contributed by atoms with Crippen LogP contribution >= 0.6 is 12.4 Å². The van der Waals surface area contributed by atoms with Crippen molar-refractivity contribution in [3.05, 3.63) is 70.8 Å². The molecule has 28 heavy (non-hydrogen) atoms. The number of alkyl carbamates (subject to hydrolysis) is 1. The fourth-order valence-electron chi connectivity index (χ4n) is 3.14. The number of nitrogens with zero attached hydrogens (tertiary/aromatic N) is 1. The zero-order chi connectivity index (χ0) is 19.2. The van der Waals surface area contributed by atoms with Crippen molar-refractivity contribution in [1.82, 2.24) is 15.7 Å². The van der Waals surface area contributed by atoms with E-state index in [1.165, 1.54) is 11.1 Å². The molecule has 1 atom stereocenters. The van der Waals surface area contributed by atoms with Crippen molar-refractivity contribution in [3.63, 3.8) is 0 Å². The van der Waals surface area contributed by atoms with Crippen LogP contribution in [0.25, 0.3) is 0 Å². The van der Waals surface area contributed by atoms with Gasteiger partial charge in [0.15, 0.2) is 0 Å². The van der Waals surface area contributed by atoms with Crippen LogP contribution < -0.4 is 10.8 Å². The van der Waals surface area contributed by atoms with Gasteiger partial charge in [-0.15, -0.1) is 12.4 Å². The summed E-state index contributed by atoms with van der Waals surface area (Å²) in [5.41, 5.74) is 5.36. The smallest absolute Gasteiger partial charge is 0.407 e. The Labute approximate surface area is 170 Å². The van der Waals surface area contributed by atoms with E-state index in [1.807, 2.05) is 19.2 Å². The molecule has 0 aromatic heterocycles. The maximum Gasteiger partial charge on any atom is 0.407 e. The molecule has 0 fully saturated rings. The molecule has 1 heterocycles. The maximum absolute atomic E-state index is 12.0. The predicted octanol–water partition coefficient (Wildman–Crippen LogP) is 2.51. The minimum absolute atomic E-state index is 0. The number of rotatable bonds is 5. The highest BCUT2D eigenvalue weighted by atomic mass is 35.5. The average molecular weight is 406 g/mol. The van der Waals surface area contributed by atoms with Gasteiger partial charge in [0.05, 0.1) is 0 Å². The molecule has 1 unspecified atom stereocenters. The van der Waals surface area contributed by atoms with Gasteiger partial charge in [0.25, 0.3) is 5.91 Å². The van der Waals surface area contributed by atoms with Crippen LogP contribution in [0.4, 0.5) is 4.79 Å². The minimum Gasteiger partial charge on any atom is -0.448 e. The first kappa shape index (κ1) is 21.7. The molecule has 0 saturated carbocycles. The maximum atomic E-state index is 12.0. The molecular formula is C20H24ClN3O4.